The standard InChI is InChI=1S/C19H20N10O2.C13H15N7.C6H6ClN3O2/c1-13(30)21-17-4-5-29(24-17)19(31)28-8-6-27(7-9-28)12-15-3-2-14(11-20)10-16(15)18-22-25-26-23-18;1-14-11-3-2-10(9-20-6-4-15-5-7-20)12(8-11)13-16-18-19-17-13;1-4(11)8-5-2-3-10(9-5)6(7)12/h2-5,10H,6-9,12H2,1H3,(H,21,24,30)(H,22,23,25,26);2-3,8,15H,4-7,9H2,(H,16,17,18,19);2-3H,1H3,(H,8,9,11). The van der Waals surface area contributed by atoms with Gasteiger partial charge in [-0.3, -0.25) is 24.2 Å². The number of carbonyl (C=O) groups is 4. The first kappa shape index (κ1) is 44.8. The Morgan fingerprint density at radius 2 is 1.30 bits per heavy atom. The smallest absolute Gasteiger partial charge is 0.320 e. The maximum absolute atomic E-state index is 12.7. The monoisotopic (exact) mass is 876 g/mol. The van der Waals surface area contributed by atoms with E-state index in [0.717, 1.165) is 59.7 Å². The summed E-state index contributed by atoms with van der Waals surface area (Å²) in [6, 6.07) is 16.0. The van der Waals surface area contributed by atoms with E-state index in [-0.39, 0.29) is 17.8 Å². The quantitative estimate of drug-likeness (QED) is 0.108. The molecule has 63 heavy (non-hydrogen) atoms. The molecule has 0 aliphatic carbocycles. The fraction of sp³-hybridized carbons (Fsp3) is 0.316. The molecule has 0 atom stereocenters. The highest BCUT2D eigenvalue weighted by atomic mass is 35.5. The molecule has 0 saturated carbocycles. The molecule has 2 saturated heterocycles. The van der Waals surface area contributed by atoms with Crippen LogP contribution in [-0.4, -0.2) is 151 Å². The number of tetrazole rings is 2. The van der Waals surface area contributed by atoms with Crippen molar-refractivity contribution in [2.45, 2.75) is 26.9 Å². The molecule has 324 valence electrons. The molecule has 0 bridgehead atoms. The van der Waals surface area contributed by atoms with Crippen LogP contribution in [0.4, 0.5) is 26.9 Å². The van der Waals surface area contributed by atoms with E-state index in [4.69, 9.17) is 18.2 Å². The van der Waals surface area contributed by atoms with Crippen LogP contribution < -0.4 is 16.0 Å². The van der Waals surface area contributed by atoms with E-state index >= 15 is 0 Å². The van der Waals surface area contributed by atoms with Gasteiger partial charge in [0.2, 0.25) is 23.5 Å². The molecule has 5 N–H and O–H groups in total. The van der Waals surface area contributed by atoms with Crippen LogP contribution in [0.5, 0.6) is 0 Å². The van der Waals surface area contributed by atoms with Crippen LogP contribution in [-0.2, 0) is 22.7 Å². The molecule has 25 heteroatoms. The first-order valence-corrected chi connectivity index (χ1v) is 19.7. The molecule has 2 aromatic carbocycles. The molecule has 6 heterocycles. The average Bonchev–Trinajstić information content (AvgIpc) is 4.14. The van der Waals surface area contributed by atoms with E-state index in [9.17, 15) is 24.4 Å². The van der Waals surface area contributed by atoms with Gasteiger partial charge in [-0.25, -0.2) is 9.64 Å². The van der Waals surface area contributed by atoms with Crippen LogP contribution >= 0.6 is 11.6 Å². The van der Waals surface area contributed by atoms with Crippen molar-refractivity contribution in [3.05, 3.63) is 89.0 Å². The number of nitrogens with one attached hydrogen (secondary N) is 5. The Morgan fingerprint density at radius 1 is 0.762 bits per heavy atom. The molecule has 4 aromatic heterocycles. The van der Waals surface area contributed by atoms with Gasteiger partial charge in [-0.15, -0.1) is 30.6 Å². The van der Waals surface area contributed by atoms with E-state index in [1.54, 1.807) is 23.1 Å². The summed E-state index contributed by atoms with van der Waals surface area (Å²) in [6.07, 6.45) is 2.90. The van der Waals surface area contributed by atoms with E-state index < -0.39 is 5.37 Å². The number of rotatable bonds is 8. The van der Waals surface area contributed by atoms with Gasteiger partial charge in [-0.2, -0.15) is 25.1 Å². The van der Waals surface area contributed by atoms with Crippen molar-refractivity contribution in [3.8, 4) is 28.8 Å². The summed E-state index contributed by atoms with van der Waals surface area (Å²) in [7, 11) is 0. The zero-order valence-electron chi connectivity index (χ0n) is 34.1. The zero-order valence-corrected chi connectivity index (χ0v) is 34.8. The summed E-state index contributed by atoms with van der Waals surface area (Å²) >= 11 is 5.10. The SMILES string of the molecule is CC(=O)Nc1ccn(C(=O)Cl)n1.CC(=O)Nc1ccn(C(=O)N2CCN(Cc3ccc(C#N)cc3-c3nn[nH]n3)CC2)n1.[C-]#[N+]c1ccc(CN2CCNCC2)c(-c2nn[nH]n2)c1. The molecule has 6 aromatic rings. The van der Waals surface area contributed by atoms with Crippen LogP contribution in [0.25, 0.3) is 27.6 Å². The maximum Gasteiger partial charge on any atom is 0.344 e. The number of anilines is 2. The highest BCUT2D eigenvalue weighted by Gasteiger charge is 2.24. The number of nitrogens with zero attached hydrogens (tertiary/aromatic N) is 15. The highest BCUT2D eigenvalue weighted by molar-refractivity contribution is 6.63. The molecule has 0 spiro atoms. The van der Waals surface area contributed by atoms with Crippen LogP contribution in [0.2, 0.25) is 0 Å². The summed E-state index contributed by atoms with van der Waals surface area (Å²) in [5.41, 5.74) is 4.86. The van der Waals surface area contributed by atoms with Gasteiger partial charge in [-0.1, -0.05) is 18.2 Å². The minimum atomic E-state index is -0.716. The predicted octanol–water partition coefficient (Wildman–Crippen LogP) is 2.55. The van der Waals surface area contributed by atoms with Gasteiger partial charge < -0.3 is 20.9 Å². The maximum atomic E-state index is 12.7. The van der Waals surface area contributed by atoms with E-state index in [0.29, 0.717) is 67.3 Å². The number of nitriles is 1. The van der Waals surface area contributed by atoms with Crippen LogP contribution in [0.15, 0.2) is 60.9 Å². The molecular formula is C38H41ClN20O4. The average molecular weight is 877 g/mol. The van der Waals surface area contributed by atoms with Crippen LogP contribution in [0.1, 0.15) is 30.5 Å². The third-order valence-electron chi connectivity index (χ3n) is 9.44. The lowest BCUT2D eigenvalue weighted by molar-refractivity contribution is -0.115. The highest BCUT2D eigenvalue weighted by Crippen LogP contribution is 2.27. The molecule has 0 unspecified atom stereocenters. The first-order valence-electron chi connectivity index (χ1n) is 19.3. The Bertz CT molecular complexity index is 2580. The van der Waals surface area contributed by atoms with Gasteiger partial charge >= 0.3 is 11.4 Å². The van der Waals surface area contributed by atoms with E-state index in [1.165, 1.54) is 37.0 Å². The third-order valence-corrected chi connectivity index (χ3v) is 9.61. The van der Waals surface area contributed by atoms with E-state index in [2.05, 4.69) is 88.1 Å². The van der Waals surface area contributed by atoms with Crippen molar-refractivity contribution < 1.29 is 19.2 Å². The number of amides is 3. The second kappa shape index (κ2) is 21.7. The van der Waals surface area contributed by atoms with E-state index in [1.807, 2.05) is 24.3 Å². The van der Waals surface area contributed by atoms with Crippen LogP contribution in [0.3, 0.4) is 0 Å². The van der Waals surface area contributed by atoms with Gasteiger partial charge in [0.1, 0.15) is 0 Å². The number of aromatic amines is 2. The van der Waals surface area contributed by atoms with Gasteiger partial charge in [0, 0.05) is 115 Å². The zero-order chi connectivity index (χ0) is 44.7. The minimum Gasteiger partial charge on any atom is -0.320 e. The van der Waals surface area contributed by atoms with Crippen molar-refractivity contribution >= 4 is 52.1 Å². The number of benzene rings is 2. The minimum absolute atomic E-state index is 0.234. The number of hydrogen-bond acceptors (Lipinski definition) is 16. The van der Waals surface area contributed by atoms with Crippen molar-refractivity contribution in [2.24, 2.45) is 0 Å². The summed E-state index contributed by atoms with van der Waals surface area (Å²) < 4.78 is 2.16. The normalized spacial score (nSPS) is 13.9. The number of halogens is 1. The lowest BCUT2D eigenvalue weighted by Gasteiger charge is -2.34. The first-order chi connectivity index (χ1) is 30.5. The fourth-order valence-electron chi connectivity index (χ4n) is 6.46. The summed E-state index contributed by atoms with van der Waals surface area (Å²) in [5.74, 6) is 1.14. The van der Waals surface area contributed by atoms with Crippen LogP contribution in [0, 0.1) is 17.9 Å². The number of piperazine rings is 2. The topological polar surface area (TPSA) is 287 Å². The Balaban J connectivity index is 0.000000176. The molecule has 2 aliphatic heterocycles. The number of H-pyrrole nitrogens is 2. The van der Waals surface area contributed by atoms with Crippen molar-refractivity contribution in [3.63, 3.8) is 0 Å². The third kappa shape index (κ3) is 12.6. The molecular weight excluding hydrogens is 836 g/mol. The predicted molar refractivity (Wildman–Crippen MR) is 226 cm³/mol. The van der Waals surface area contributed by atoms with Gasteiger partial charge in [0.05, 0.1) is 18.2 Å². The summed E-state index contributed by atoms with van der Waals surface area (Å²) in [5, 5.41) is 52.8. The Labute approximate surface area is 364 Å². The molecule has 2 aliphatic rings. The van der Waals surface area contributed by atoms with Crippen molar-refractivity contribution in [1.82, 2.24) is 80.8 Å². The van der Waals surface area contributed by atoms with Gasteiger partial charge in [-0.05, 0) is 51.4 Å². The largest absolute Gasteiger partial charge is 0.344 e. The van der Waals surface area contributed by atoms with Gasteiger partial charge in [0.25, 0.3) is 0 Å². The lowest BCUT2D eigenvalue weighted by Crippen LogP contribution is -2.49. The van der Waals surface area contributed by atoms with Crippen molar-refractivity contribution in [2.75, 3.05) is 63.0 Å². The second-order valence-corrected chi connectivity index (χ2v) is 14.2. The summed E-state index contributed by atoms with van der Waals surface area (Å²) in [6.45, 7) is 17.8. The second-order valence-electron chi connectivity index (χ2n) is 13.9. The fourth-order valence-corrected chi connectivity index (χ4v) is 6.56. The molecule has 0 radical (unpaired) electrons. The molecule has 2 fully saturated rings. The number of carbonyl (C=O) groups excluding carboxylic acids is 4. The Morgan fingerprint density at radius 3 is 1.81 bits per heavy atom. The molecule has 8 rings (SSSR count). The number of hydrogen-bond donors (Lipinski definition) is 5. The Hall–Kier alpha value is -7.77. The van der Waals surface area contributed by atoms with Gasteiger partial charge in [0.15, 0.2) is 17.3 Å². The lowest BCUT2D eigenvalue weighted by atomic mass is 10.0. The molecule has 3 amide bonds. The Kier molecular flexibility index (Phi) is 15.4. The number of aromatic nitrogens is 12. The van der Waals surface area contributed by atoms with Crippen molar-refractivity contribution in [1.29, 1.82) is 5.26 Å². The summed E-state index contributed by atoms with van der Waals surface area (Å²) in [4.78, 5) is 54.6. The molecule has 24 nitrogen and oxygen atoms in total.